The zero-order valence-corrected chi connectivity index (χ0v) is 15.6. The van der Waals surface area contributed by atoms with E-state index in [2.05, 4.69) is 9.71 Å². The van der Waals surface area contributed by atoms with E-state index in [1.165, 1.54) is 30.8 Å². The Morgan fingerprint density at radius 3 is 2.54 bits per heavy atom. The Morgan fingerprint density at radius 2 is 1.86 bits per heavy atom. The third-order valence-electron chi connectivity index (χ3n) is 3.85. The van der Waals surface area contributed by atoms with Crippen LogP contribution in [0.4, 0.5) is 5.69 Å². The molecule has 0 spiro atoms. The van der Waals surface area contributed by atoms with Gasteiger partial charge in [-0.3, -0.25) is 14.7 Å². The average Bonchev–Trinajstić information content (AvgIpc) is 2.71. The quantitative estimate of drug-likeness (QED) is 0.333. The maximum atomic E-state index is 12.5. The molecule has 3 aromatic rings. The molecular weight excluding hydrogens is 382 g/mol. The van der Waals surface area contributed by atoms with E-state index in [0.29, 0.717) is 22.6 Å². The van der Waals surface area contributed by atoms with E-state index in [0.717, 1.165) is 11.5 Å². The van der Waals surface area contributed by atoms with Crippen LogP contribution >= 0.6 is 0 Å². The lowest BCUT2D eigenvalue weighted by atomic mass is 10.2. The normalized spacial score (nSPS) is 11.5. The number of anilines is 1. The van der Waals surface area contributed by atoms with Gasteiger partial charge in [-0.1, -0.05) is 6.07 Å². The number of rotatable bonds is 6. The number of ether oxygens (including phenoxy) is 1. The van der Waals surface area contributed by atoms with Gasteiger partial charge < -0.3 is 4.74 Å². The Hall–Kier alpha value is -3.43. The number of benzene rings is 2. The summed E-state index contributed by atoms with van der Waals surface area (Å²) in [4.78, 5) is 15.5. The predicted molar refractivity (Wildman–Crippen MR) is 105 cm³/mol. The van der Waals surface area contributed by atoms with Gasteiger partial charge in [-0.05, 0) is 54.6 Å². The van der Waals surface area contributed by atoms with E-state index in [1.807, 2.05) is 0 Å². The number of hydrogen-bond donors (Lipinski definition) is 3. The van der Waals surface area contributed by atoms with Crippen molar-refractivity contribution in [3.63, 3.8) is 0 Å². The highest BCUT2D eigenvalue weighted by molar-refractivity contribution is 7.92. The highest BCUT2D eigenvalue weighted by atomic mass is 32.2. The van der Waals surface area contributed by atoms with Crippen LogP contribution in [0.1, 0.15) is 5.69 Å². The number of fused-ring (bicyclic) bond motifs is 1. The highest BCUT2D eigenvalue weighted by Crippen LogP contribution is 2.22. The Morgan fingerprint density at radius 1 is 1.11 bits per heavy atom. The molecule has 0 saturated heterocycles. The van der Waals surface area contributed by atoms with Crippen LogP contribution in [-0.4, -0.2) is 31.6 Å². The second kappa shape index (κ2) is 8.07. The molecule has 1 amide bonds. The smallest absolute Gasteiger partial charge is 0.267 e. The van der Waals surface area contributed by atoms with Gasteiger partial charge in [0.15, 0.2) is 0 Å². The number of pyridine rings is 1. The van der Waals surface area contributed by atoms with Crippen molar-refractivity contribution < 1.29 is 23.2 Å². The van der Waals surface area contributed by atoms with E-state index < -0.39 is 15.9 Å². The topological polar surface area (TPSA) is 118 Å². The average molecular weight is 399 g/mol. The first kappa shape index (κ1) is 19.3. The number of sulfonamides is 1. The molecule has 0 radical (unpaired) electrons. The molecule has 0 aliphatic carbocycles. The summed E-state index contributed by atoms with van der Waals surface area (Å²) in [5.41, 5.74) is 3.03. The molecule has 2 aromatic carbocycles. The Balaban J connectivity index is 1.83. The fraction of sp³-hybridized carbons (Fsp3) is 0.0526. The van der Waals surface area contributed by atoms with Crippen LogP contribution in [0.25, 0.3) is 17.0 Å². The van der Waals surface area contributed by atoms with Gasteiger partial charge in [0, 0.05) is 17.1 Å². The summed E-state index contributed by atoms with van der Waals surface area (Å²) in [6, 6.07) is 14.4. The summed E-state index contributed by atoms with van der Waals surface area (Å²) in [6.45, 7) is 0. The molecule has 1 heterocycles. The summed E-state index contributed by atoms with van der Waals surface area (Å²) in [5, 5.41) is 9.20. The van der Waals surface area contributed by atoms with Crippen LogP contribution in [0.2, 0.25) is 0 Å². The molecule has 3 rings (SSSR count). The van der Waals surface area contributed by atoms with Gasteiger partial charge in [-0.15, -0.1) is 0 Å². The van der Waals surface area contributed by atoms with Gasteiger partial charge in [0.25, 0.3) is 15.9 Å². The first-order chi connectivity index (χ1) is 13.4. The minimum Gasteiger partial charge on any atom is -0.497 e. The number of carbonyl (C=O) groups is 1. The second-order valence-electron chi connectivity index (χ2n) is 5.73. The molecule has 3 N–H and O–H groups in total. The van der Waals surface area contributed by atoms with Gasteiger partial charge >= 0.3 is 0 Å². The largest absolute Gasteiger partial charge is 0.497 e. The van der Waals surface area contributed by atoms with Crippen LogP contribution in [0.15, 0.2) is 65.6 Å². The van der Waals surface area contributed by atoms with Gasteiger partial charge in [0.2, 0.25) is 0 Å². The van der Waals surface area contributed by atoms with Crippen LogP contribution in [0.5, 0.6) is 5.75 Å². The standard InChI is InChI=1S/C19H17N3O5S/c1-27-16-6-8-17(9-7-16)28(25,26)22-15-4-10-18-13(12-15)2-3-14(20-18)5-11-19(23)21-24/h2-12,22,24H,1H3,(H,21,23)/b11-5+. The highest BCUT2D eigenvalue weighted by Gasteiger charge is 2.14. The number of aromatic nitrogens is 1. The number of carbonyl (C=O) groups excluding carboxylic acids is 1. The van der Waals surface area contributed by atoms with E-state index in [-0.39, 0.29) is 4.90 Å². The van der Waals surface area contributed by atoms with Crippen LogP contribution in [0.3, 0.4) is 0 Å². The monoisotopic (exact) mass is 399 g/mol. The Bertz CT molecular complexity index is 1140. The molecule has 0 bridgehead atoms. The number of methoxy groups -OCH3 is 1. The van der Waals surface area contributed by atoms with E-state index in [4.69, 9.17) is 9.94 Å². The van der Waals surface area contributed by atoms with Crippen LogP contribution in [0, 0.1) is 0 Å². The molecule has 0 aliphatic rings. The first-order valence-electron chi connectivity index (χ1n) is 8.11. The third kappa shape index (κ3) is 4.45. The Labute approximate surface area is 161 Å². The van der Waals surface area contributed by atoms with Crippen molar-refractivity contribution in [2.45, 2.75) is 4.90 Å². The number of hydroxylamine groups is 1. The minimum absolute atomic E-state index is 0.120. The molecular formula is C19H17N3O5S. The van der Waals surface area contributed by atoms with Crippen molar-refractivity contribution in [3.8, 4) is 5.75 Å². The predicted octanol–water partition coefficient (Wildman–Crippen LogP) is 2.56. The second-order valence-corrected chi connectivity index (χ2v) is 7.42. The van der Waals surface area contributed by atoms with E-state index >= 15 is 0 Å². The van der Waals surface area contributed by atoms with Crippen molar-refractivity contribution in [2.75, 3.05) is 11.8 Å². The summed E-state index contributed by atoms with van der Waals surface area (Å²) in [6.07, 6.45) is 2.59. The number of nitrogens with zero attached hydrogens (tertiary/aromatic N) is 1. The lowest BCUT2D eigenvalue weighted by molar-refractivity contribution is -0.124. The summed E-state index contributed by atoms with van der Waals surface area (Å²) in [5.74, 6) is -0.0952. The molecule has 144 valence electrons. The van der Waals surface area contributed by atoms with Crippen molar-refractivity contribution in [1.29, 1.82) is 0 Å². The molecule has 0 saturated carbocycles. The van der Waals surface area contributed by atoms with E-state index in [1.54, 1.807) is 42.5 Å². The van der Waals surface area contributed by atoms with Gasteiger partial charge in [0.1, 0.15) is 5.75 Å². The van der Waals surface area contributed by atoms with Crippen LogP contribution in [-0.2, 0) is 14.8 Å². The van der Waals surface area contributed by atoms with Crippen molar-refractivity contribution >= 4 is 38.6 Å². The SMILES string of the molecule is COc1ccc(S(=O)(=O)Nc2ccc3nc(/C=C/C(=O)NO)ccc3c2)cc1. The maximum Gasteiger partial charge on any atom is 0.267 e. The van der Waals surface area contributed by atoms with Crippen molar-refractivity contribution in [3.05, 3.63) is 66.4 Å². The van der Waals surface area contributed by atoms with Crippen molar-refractivity contribution in [2.24, 2.45) is 0 Å². The lowest BCUT2D eigenvalue weighted by Gasteiger charge is -2.09. The van der Waals surface area contributed by atoms with E-state index in [9.17, 15) is 13.2 Å². The van der Waals surface area contributed by atoms with Gasteiger partial charge in [-0.25, -0.2) is 18.9 Å². The van der Waals surface area contributed by atoms with Crippen molar-refractivity contribution in [1.82, 2.24) is 10.5 Å². The number of nitrogens with one attached hydrogen (secondary N) is 2. The fourth-order valence-corrected chi connectivity index (χ4v) is 3.51. The molecule has 0 aliphatic heterocycles. The molecule has 1 aromatic heterocycles. The molecule has 28 heavy (non-hydrogen) atoms. The molecule has 9 heteroatoms. The number of amides is 1. The van der Waals surface area contributed by atoms with Gasteiger partial charge in [-0.2, -0.15) is 0 Å². The molecule has 0 unspecified atom stereocenters. The minimum atomic E-state index is -3.74. The summed E-state index contributed by atoms with van der Waals surface area (Å²) >= 11 is 0. The Kier molecular flexibility index (Phi) is 5.57. The fourth-order valence-electron chi connectivity index (χ4n) is 2.46. The van der Waals surface area contributed by atoms with Crippen LogP contribution < -0.4 is 14.9 Å². The maximum absolute atomic E-state index is 12.5. The molecule has 0 fully saturated rings. The third-order valence-corrected chi connectivity index (χ3v) is 5.25. The zero-order chi connectivity index (χ0) is 20.1. The van der Waals surface area contributed by atoms with Gasteiger partial charge in [0.05, 0.1) is 23.2 Å². The first-order valence-corrected chi connectivity index (χ1v) is 9.59. The summed E-state index contributed by atoms with van der Waals surface area (Å²) < 4.78 is 32.6. The molecule has 0 atom stereocenters. The lowest BCUT2D eigenvalue weighted by Crippen LogP contribution is -2.14. The zero-order valence-electron chi connectivity index (χ0n) is 14.8. The number of hydrogen-bond acceptors (Lipinski definition) is 6. The summed E-state index contributed by atoms with van der Waals surface area (Å²) in [7, 11) is -2.23. The molecule has 8 nitrogen and oxygen atoms in total.